The fraction of sp³-hybridized carbons (Fsp3) is 0.533. The van der Waals surface area contributed by atoms with Crippen molar-refractivity contribution in [2.24, 2.45) is 0 Å². The number of carbonyl (C=O) groups is 1. The molecule has 1 aromatic carbocycles. The van der Waals surface area contributed by atoms with Crippen LogP contribution in [0.4, 0.5) is 4.39 Å². The molecular weight excluding hydrogens is 321 g/mol. The van der Waals surface area contributed by atoms with E-state index in [1.54, 1.807) is 12.1 Å². The maximum atomic E-state index is 13.0. The van der Waals surface area contributed by atoms with Crippen LogP contribution in [-0.4, -0.2) is 70.1 Å². The molecule has 0 saturated heterocycles. The molecule has 0 radical (unpaired) electrons. The van der Waals surface area contributed by atoms with Crippen molar-refractivity contribution in [1.82, 2.24) is 14.5 Å². The van der Waals surface area contributed by atoms with E-state index >= 15 is 0 Å². The van der Waals surface area contributed by atoms with Crippen molar-refractivity contribution in [3.8, 4) is 0 Å². The van der Waals surface area contributed by atoms with Gasteiger partial charge in [0.05, 0.1) is 12.7 Å². The van der Waals surface area contributed by atoms with E-state index in [0.717, 1.165) is 6.26 Å². The SMILES string of the molecule is CN(C)CCN(CCNC(=O)Cc1cccc(F)c1)S(C)(=O)=O. The fourth-order valence-electron chi connectivity index (χ4n) is 1.97. The van der Waals surface area contributed by atoms with Crippen LogP contribution in [0.3, 0.4) is 0 Å². The molecule has 0 unspecified atom stereocenters. The van der Waals surface area contributed by atoms with Crippen LogP contribution in [0.25, 0.3) is 0 Å². The zero-order valence-electron chi connectivity index (χ0n) is 13.8. The normalized spacial score (nSPS) is 11.9. The van der Waals surface area contributed by atoms with Gasteiger partial charge >= 0.3 is 0 Å². The van der Waals surface area contributed by atoms with Crippen molar-refractivity contribution in [3.63, 3.8) is 0 Å². The number of hydrogen-bond donors (Lipinski definition) is 1. The average molecular weight is 345 g/mol. The van der Waals surface area contributed by atoms with Crippen LogP contribution in [0.1, 0.15) is 5.56 Å². The zero-order chi connectivity index (χ0) is 17.5. The molecule has 0 atom stereocenters. The largest absolute Gasteiger partial charge is 0.354 e. The van der Waals surface area contributed by atoms with E-state index in [4.69, 9.17) is 0 Å². The highest BCUT2D eigenvalue weighted by atomic mass is 32.2. The Labute approximate surface area is 137 Å². The molecule has 0 saturated carbocycles. The number of nitrogens with one attached hydrogen (secondary N) is 1. The first-order valence-electron chi connectivity index (χ1n) is 7.29. The van der Waals surface area contributed by atoms with Gasteiger partial charge in [0.2, 0.25) is 15.9 Å². The molecule has 0 aliphatic rings. The molecule has 1 N–H and O–H groups in total. The minimum atomic E-state index is -3.32. The van der Waals surface area contributed by atoms with Gasteiger partial charge in [-0.05, 0) is 31.8 Å². The molecule has 0 fully saturated rings. The molecule has 1 rings (SSSR count). The van der Waals surface area contributed by atoms with Crippen LogP contribution in [0.2, 0.25) is 0 Å². The van der Waals surface area contributed by atoms with Crippen molar-refractivity contribution in [2.45, 2.75) is 6.42 Å². The van der Waals surface area contributed by atoms with Crippen molar-refractivity contribution in [2.75, 3.05) is 46.5 Å². The van der Waals surface area contributed by atoms with E-state index in [1.807, 2.05) is 19.0 Å². The Balaban J connectivity index is 2.44. The second-order valence-electron chi connectivity index (χ2n) is 5.62. The van der Waals surface area contributed by atoms with E-state index < -0.39 is 10.0 Å². The van der Waals surface area contributed by atoms with E-state index in [-0.39, 0.29) is 31.2 Å². The molecule has 1 aromatic rings. The predicted molar refractivity (Wildman–Crippen MR) is 88.1 cm³/mol. The van der Waals surface area contributed by atoms with Gasteiger partial charge in [0.1, 0.15) is 5.82 Å². The molecule has 6 nitrogen and oxygen atoms in total. The standard InChI is InChI=1S/C15H24FN3O3S/c1-18(2)9-10-19(23(3,21)22)8-7-17-15(20)12-13-5-4-6-14(16)11-13/h4-6,11H,7-10,12H2,1-3H3,(H,17,20). The molecule has 0 heterocycles. The third kappa shape index (κ3) is 8.06. The zero-order valence-corrected chi connectivity index (χ0v) is 14.6. The molecule has 0 aromatic heterocycles. The summed E-state index contributed by atoms with van der Waals surface area (Å²) >= 11 is 0. The highest BCUT2D eigenvalue weighted by Crippen LogP contribution is 2.04. The molecule has 130 valence electrons. The van der Waals surface area contributed by atoms with Crippen LogP contribution in [0, 0.1) is 5.82 Å². The van der Waals surface area contributed by atoms with Crippen molar-refractivity contribution in [3.05, 3.63) is 35.6 Å². The Kier molecular flexibility index (Phi) is 7.60. The van der Waals surface area contributed by atoms with Gasteiger partial charge in [0.15, 0.2) is 0 Å². The second kappa shape index (κ2) is 8.95. The van der Waals surface area contributed by atoms with Crippen LogP contribution in [-0.2, 0) is 21.2 Å². The highest BCUT2D eigenvalue weighted by molar-refractivity contribution is 7.88. The van der Waals surface area contributed by atoms with Gasteiger partial charge in [-0.2, -0.15) is 4.31 Å². The monoisotopic (exact) mass is 345 g/mol. The van der Waals surface area contributed by atoms with Gasteiger partial charge in [0, 0.05) is 26.2 Å². The lowest BCUT2D eigenvalue weighted by molar-refractivity contribution is -0.120. The Morgan fingerprint density at radius 1 is 1.22 bits per heavy atom. The number of likely N-dealkylation sites (N-methyl/N-ethyl adjacent to an activating group) is 1. The fourth-order valence-corrected chi connectivity index (χ4v) is 2.81. The number of hydrogen-bond acceptors (Lipinski definition) is 4. The quantitative estimate of drug-likeness (QED) is 0.699. The molecule has 0 aliphatic carbocycles. The van der Waals surface area contributed by atoms with Gasteiger partial charge in [0.25, 0.3) is 0 Å². The maximum absolute atomic E-state index is 13.0. The molecule has 0 bridgehead atoms. The molecule has 23 heavy (non-hydrogen) atoms. The summed E-state index contributed by atoms with van der Waals surface area (Å²) in [6.07, 6.45) is 1.21. The summed E-state index contributed by atoms with van der Waals surface area (Å²) in [5.41, 5.74) is 0.579. The summed E-state index contributed by atoms with van der Waals surface area (Å²) in [4.78, 5) is 13.7. The second-order valence-corrected chi connectivity index (χ2v) is 7.60. The Morgan fingerprint density at radius 3 is 2.48 bits per heavy atom. The van der Waals surface area contributed by atoms with Gasteiger partial charge in [-0.15, -0.1) is 0 Å². The summed E-state index contributed by atoms with van der Waals surface area (Å²) in [5.74, 6) is -0.654. The third-order valence-electron chi connectivity index (χ3n) is 3.20. The van der Waals surface area contributed by atoms with Crippen LogP contribution >= 0.6 is 0 Å². The van der Waals surface area contributed by atoms with Crippen LogP contribution in [0.15, 0.2) is 24.3 Å². The highest BCUT2D eigenvalue weighted by Gasteiger charge is 2.16. The van der Waals surface area contributed by atoms with Crippen molar-refractivity contribution < 1.29 is 17.6 Å². The number of carbonyl (C=O) groups excluding carboxylic acids is 1. The van der Waals surface area contributed by atoms with E-state index in [9.17, 15) is 17.6 Å². The van der Waals surface area contributed by atoms with Crippen LogP contribution in [0.5, 0.6) is 0 Å². The van der Waals surface area contributed by atoms with E-state index in [2.05, 4.69) is 5.32 Å². The summed E-state index contributed by atoms with van der Waals surface area (Å²) in [6.45, 7) is 1.39. The molecule has 1 amide bonds. The Bertz CT molecular complexity index is 620. The number of sulfonamides is 1. The van der Waals surface area contributed by atoms with Gasteiger partial charge in [-0.3, -0.25) is 4.79 Å². The topological polar surface area (TPSA) is 69.7 Å². The summed E-state index contributed by atoms with van der Waals surface area (Å²) in [5, 5.41) is 2.66. The first-order valence-corrected chi connectivity index (χ1v) is 9.14. The number of rotatable bonds is 9. The van der Waals surface area contributed by atoms with Gasteiger partial charge < -0.3 is 10.2 Å². The Morgan fingerprint density at radius 2 is 1.91 bits per heavy atom. The number of nitrogens with zero attached hydrogens (tertiary/aromatic N) is 2. The lowest BCUT2D eigenvalue weighted by atomic mass is 10.1. The smallest absolute Gasteiger partial charge is 0.224 e. The predicted octanol–water partition coefficient (Wildman–Crippen LogP) is 0.308. The number of amides is 1. The maximum Gasteiger partial charge on any atom is 0.224 e. The lowest BCUT2D eigenvalue weighted by Crippen LogP contribution is -2.41. The number of benzene rings is 1. The van der Waals surface area contributed by atoms with Gasteiger partial charge in [-0.25, -0.2) is 12.8 Å². The average Bonchev–Trinajstić information content (AvgIpc) is 2.40. The first-order chi connectivity index (χ1) is 10.7. The minimum Gasteiger partial charge on any atom is -0.354 e. The van der Waals surface area contributed by atoms with Gasteiger partial charge in [-0.1, -0.05) is 12.1 Å². The summed E-state index contributed by atoms with van der Waals surface area (Å²) < 4.78 is 37.8. The van der Waals surface area contributed by atoms with E-state index in [0.29, 0.717) is 18.7 Å². The minimum absolute atomic E-state index is 0.0638. The van der Waals surface area contributed by atoms with E-state index in [1.165, 1.54) is 16.4 Å². The van der Waals surface area contributed by atoms with Crippen molar-refractivity contribution >= 4 is 15.9 Å². The third-order valence-corrected chi connectivity index (χ3v) is 4.51. The Hall–Kier alpha value is -1.51. The van der Waals surface area contributed by atoms with Crippen molar-refractivity contribution in [1.29, 1.82) is 0 Å². The molecular formula is C15H24FN3O3S. The molecule has 0 spiro atoms. The number of halogens is 1. The lowest BCUT2D eigenvalue weighted by Gasteiger charge is -2.22. The first kappa shape index (κ1) is 19.5. The summed E-state index contributed by atoms with van der Waals surface area (Å²) in [6, 6.07) is 5.84. The summed E-state index contributed by atoms with van der Waals surface area (Å²) in [7, 11) is 0.407. The van der Waals surface area contributed by atoms with Crippen LogP contribution < -0.4 is 5.32 Å². The molecule has 0 aliphatic heterocycles. The molecule has 8 heteroatoms.